The molecule has 0 heterocycles. The van der Waals surface area contributed by atoms with E-state index in [0.717, 1.165) is 12.8 Å². The van der Waals surface area contributed by atoms with Crippen molar-refractivity contribution in [2.24, 2.45) is 11.8 Å². The Kier molecular flexibility index (Phi) is 6.29. The second kappa shape index (κ2) is 7.50. The van der Waals surface area contributed by atoms with Crippen LogP contribution in [0.15, 0.2) is 0 Å². The van der Waals surface area contributed by atoms with Crippen molar-refractivity contribution >= 4 is 11.9 Å². The highest BCUT2D eigenvalue weighted by Gasteiger charge is 2.35. The highest BCUT2D eigenvalue weighted by molar-refractivity contribution is 5.84. The smallest absolute Gasteiger partial charge is 0.389 e. The minimum atomic E-state index is -4.16. The third kappa shape index (κ3) is 5.79. The Labute approximate surface area is 115 Å². The molecule has 1 rings (SSSR count). The molecule has 0 aliphatic heterocycles. The van der Waals surface area contributed by atoms with Gasteiger partial charge in [-0.3, -0.25) is 9.59 Å². The van der Waals surface area contributed by atoms with E-state index in [1.54, 1.807) is 0 Å². The van der Waals surface area contributed by atoms with Gasteiger partial charge in [-0.1, -0.05) is 12.8 Å². The molecule has 0 saturated heterocycles. The highest BCUT2D eigenvalue weighted by Crippen LogP contribution is 2.30. The van der Waals surface area contributed by atoms with E-state index < -0.39 is 30.4 Å². The number of carboxylic acids is 1. The van der Waals surface area contributed by atoms with Crippen LogP contribution in [0.4, 0.5) is 13.2 Å². The molecule has 1 fully saturated rings. The maximum absolute atomic E-state index is 11.9. The second-order valence-electron chi connectivity index (χ2n) is 5.20. The van der Waals surface area contributed by atoms with Crippen LogP contribution in [0.5, 0.6) is 0 Å². The molecule has 0 radical (unpaired) electrons. The number of carboxylic acid groups (broad SMARTS) is 1. The molecular formula is C13H20F3NO3. The lowest BCUT2D eigenvalue weighted by atomic mass is 9.78. The first-order valence-corrected chi connectivity index (χ1v) is 6.88. The van der Waals surface area contributed by atoms with Gasteiger partial charge in [0.25, 0.3) is 0 Å². The molecule has 1 saturated carbocycles. The van der Waals surface area contributed by atoms with E-state index in [1.165, 1.54) is 0 Å². The fourth-order valence-corrected chi connectivity index (χ4v) is 2.53. The van der Waals surface area contributed by atoms with Crippen molar-refractivity contribution in [3.05, 3.63) is 0 Å². The van der Waals surface area contributed by atoms with Gasteiger partial charge in [0, 0.05) is 13.0 Å². The van der Waals surface area contributed by atoms with E-state index in [1.807, 2.05) is 0 Å². The molecule has 0 aromatic heterocycles. The Morgan fingerprint density at radius 2 is 1.70 bits per heavy atom. The van der Waals surface area contributed by atoms with Gasteiger partial charge in [-0.05, 0) is 25.7 Å². The first-order valence-electron chi connectivity index (χ1n) is 6.88. The molecule has 1 amide bonds. The molecule has 7 heteroatoms. The first kappa shape index (κ1) is 16.8. The second-order valence-corrected chi connectivity index (χ2v) is 5.20. The number of rotatable bonds is 6. The van der Waals surface area contributed by atoms with Gasteiger partial charge in [0.15, 0.2) is 0 Å². The lowest BCUT2D eigenvalue weighted by Gasteiger charge is -2.27. The summed E-state index contributed by atoms with van der Waals surface area (Å²) in [6.07, 6.45) is -2.17. The van der Waals surface area contributed by atoms with Crippen molar-refractivity contribution < 1.29 is 27.9 Å². The molecule has 2 N–H and O–H groups in total. The van der Waals surface area contributed by atoms with Crippen molar-refractivity contribution in [2.75, 3.05) is 6.54 Å². The number of hydrogen-bond donors (Lipinski definition) is 2. The van der Waals surface area contributed by atoms with Gasteiger partial charge in [-0.25, -0.2) is 0 Å². The average molecular weight is 295 g/mol. The lowest BCUT2D eigenvalue weighted by Crippen LogP contribution is -2.40. The Bertz CT molecular complexity index is 344. The minimum absolute atomic E-state index is 0.0309. The molecule has 4 nitrogen and oxygen atoms in total. The summed E-state index contributed by atoms with van der Waals surface area (Å²) in [6.45, 7) is 0.164. The number of unbranched alkanes of at least 4 members (excludes halogenated alkanes) is 1. The molecule has 0 aromatic carbocycles. The van der Waals surface area contributed by atoms with Gasteiger partial charge >= 0.3 is 12.1 Å². The van der Waals surface area contributed by atoms with Crippen LogP contribution in [0.2, 0.25) is 0 Å². The summed E-state index contributed by atoms with van der Waals surface area (Å²) in [7, 11) is 0. The van der Waals surface area contributed by atoms with Gasteiger partial charge in [-0.15, -0.1) is 0 Å². The quantitative estimate of drug-likeness (QED) is 0.740. The Morgan fingerprint density at radius 3 is 2.25 bits per heavy atom. The maximum Gasteiger partial charge on any atom is 0.389 e. The molecule has 0 spiro atoms. The van der Waals surface area contributed by atoms with Crippen molar-refractivity contribution in [1.82, 2.24) is 5.32 Å². The molecular weight excluding hydrogens is 275 g/mol. The zero-order valence-electron chi connectivity index (χ0n) is 11.2. The highest BCUT2D eigenvalue weighted by atomic mass is 19.4. The summed E-state index contributed by atoms with van der Waals surface area (Å²) < 4.78 is 35.8. The molecule has 1 aliphatic carbocycles. The van der Waals surface area contributed by atoms with E-state index in [-0.39, 0.29) is 25.3 Å². The zero-order valence-corrected chi connectivity index (χ0v) is 11.2. The molecule has 116 valence electrons. The Hall–Kier alpha value is -1.27. The number of alkyl halides is 3. The fourth-order valence-electron chi connectivity index (χ4n) is 2.53. The van der Waals surface area contributed by atoms with Gasteiger partial charge in [0.1, 0.15) is 0 Å². The van der Waals surface area contributed by atoms with Crippen LogP contribution >= 0.6 is 0 Å². The van der Waals surface area contributed by atoms with E-state index in [4.69, 9.17) is 5.11 Å². The Morgan fingerprint density at radius 1 is 1.10 bits per heavy atom. The molecule has 0 bridgehead atoms. The van der Waals surface area contributed by atoms with Crippen LogP contribution in [-0.4, -0.2) is 29.7 Å². The van der Waals surface area contributed by atoms with Crippen LogP contribution in [0.3, 0.4) is 0 Å². The van der Waals surface area contributed by atoms with Gasteiger partial charge in [-0.2, -0.15) is 13.2 Å². The van der Waals surface area contributed by atoms with Crippen molar-refractivity contribution in [3.8, 4) is 0 Å². The summed E-state index contributed by atoms with van der Waals surface area (Å²) >= 11 is 0. The summed E-state index contributed by atoms with van der Waals surface area (Å²) in [5.41, 5.74) is 0. The van der Waals surface area contributed by atoms with E-state index >= 15 is 0 Å². The van der Waals surface area contributed by atoms with Crippen LogP contribution in [0, 0.1) is 11.8 Å². The third-order valence-electron chi connectivity index (χ3n) is 3.61. The third-order valence-corrected chi connectivity index (χ3v) is 3.61. The molecule has 0 aromatic rings. The number of nitrogens with one attached hydrogen (secondary N) is 1. The monoisotopic (exact) mass is 295 g/mol. The summed E-state index contributed by atoms with van der Waals surface area (Å²) in [5.74, 6) is -2.53. The van der Waals surface area contributed by atoms with Crippen molar-refractivity contribution in [3.63, 3.8) is 0 Å². The van der Waals surface area contributed by atoms with Crippen LogP contribution < -0.4 is 5.32 Å². The number of carbonyl (C=O) groups excluding carboxylic acids is 1. The fraction of sp³-hybridized carbons (Fsp3) is 0.846. The van der Waals surface area contributed by atoms with Gasteiger partial charge < -0.3 is 10.4 Å². The van der Waals surface area contributed by atoms with Crippen LogP contribution in [0.1, 0.15) is 44.9 Å². The predicted molar refractivity (Wildman–Crippen MR) is 66.0 cm³/mol. The van der Waals surface area contributed by atoms with Gasteiger partial charge in [0.2, 0.25) is 5.91 Å². The average Bonchev–Trinajstić information content (AvgIpc) is 2.36. The maximum atomic E-state index is 11.9. The molecule has 1 aliphatic rings. The van der Waals surface area contributed by atoms with Crippen molar-refractivity contribution in [1.29, 1.82) is 0 Å². The molecule has 20 heavy (non-hydrogen) atoms. The Balaban J connectivity index is 2.29. The summed E-state index contributed by atoms with van der Waals surface area (Å²) in [4.78, 5) is 22.9. The number of halogens is 3. The normalized spacial score (nSPS) is 23.4. The zero-order chi connectivity index (χ0) is 15.2. The van der Waals surface area contributed by atoms with E-state index in [0.29, 0.717) is 12.8 Å². The van der Waals surface area contributed by atoms with Gasteiger partial charge in [0.05, 0.1) is 11.8 Å². The SMILES string of the molecule is O=C(O)[C@H]1CCCC[C@H]1C(=O)NCCCCC(F)(F)F. The lowest BCUT2D eigenvalue weighted by molar-refractivity contribution is -0.149. The number of amides is 1. The van der Waals surface area contributed by atoms with E-state index in [9.17, 15) is 22.8 Å². The first-order chi connectivity index (χ1) is 9.31. The summed E-state index contributed by atoms with van der Waals surface area (Å²) in [6, 6.07) is 0. The summed E-state index contributed by atoms with van der Waals surface area (Å²) in [5, 5.41) is 11.6. The molecule has 0 unspecified atom stereocenters. The van der Waals surface area contributed by atoms with E-state index in [2.05, 4.69) is 5.32 Å². The van der Waals surface area contributed by atoms with Crippen LogP contribution in [0.25, 0.3) is 0 Å². The number of aliphatic carboxylic acids is 1. The largest absolute Gasteiger partial charge is 0.481 e. The molecule has 2 atom stereocenters. The standard InChI is InChI=1S/C13H20F3NO3/c14-13(15,16)7-3-4-8-17-11(18)9-5-1-2-6-10(9)12(19)20/h9-10H,1-8H2,(H,17,18)(H,19,20)/t9-,10+/m1/s1. The predicted octanol–water partition coefficient (Wildman–Crippen LogP) is 2.73. The van der Waals surface area contributed by atoms with Crippen molar-refractivity contribution in [2.45, 2.75) is 51.1 Å². The van der Waals surface area contributed by atoms with Crippen LogP contribution in [-0.2, 0) is 9.59 Å². The number of hydrogen-bond acceptors (Lipinski definition) is 2. The number of carbonyl (C=O) groups is 2. The topological polar surface area (TPSA) is 66.4 Å². The minimum Gasteiger partial charge on any atom is -0.481 e.